The summed E-state index contributed by atoms with van der Waals surface area (Å²) in [7, 11) is 1.79. The van der Waals surface area contributed by atoms with Crippen LogP contribution in [-0.2, 0) is 23.5 Å². The summed E-state index contributed by atoms with van der Waals surface area (Å²) in [5, 5.41) is 0.0630. The molecule has 0 unspecified atom stereocenters. The first-order chi connectivity index (χ1) is 11.8. The van der Waals surface area contributed by atoms with Crippen LogP contribution in [0.4, 0.5) is 0 Å². The van der Waals surface area contributed by atoms with E-state index in [9.17, 15) is 8.42 Å². The van der Waals surface area contributed by atoms with E-state index in [2.05, 4.69) is 4.98 Å². The van der Waals surface area contributed by atoms with Gasteiger partial charge in [0.15, 0.2) is 0 Å². The number of sulfonamides is 1. The molecule has 138 valence electrons. The summed E-state index contributed by atoms with van der Waals surface area (Å²) in [4.78, 5) is 5.95. The summed E-state index contributed by atoms with van der Waals surface area (Å²) in [5.41, 5.74) is 1.20. The predicted octanol–water partition coefficient (Wildman–Crippen LogP) is 2.26. The van der Waals surface area contributed by atoms with Crippen LogP contribution in [0.1, 0.15) is 12.0 Å². The Kier molecular flexibility index (Phi) is 7.01. The van der Waals surface area contributed by atoms with Gasteiger partial charge in [-0.25, -0.2) is 13.4 Å². The Morgan fingerprint density at radius 1 is 1.12 bits per heavy atom. The fourth-order valence-corrected chi connectivity index (χ4v) is 4.32. The number of benzene rings is 1. The number of likely N-dealkylation sites (N-methyl/N-ethyl adjacent to an activating group) is 1. The van der Waals surface area contributed by atoms with Crippen LogP contribution in [0.2, 0.25) is 5.15 Å². The van der Waals surface area contributed by atoms with Gasteiger partial charge in [-0.1, -0.05) is 41.9 Å². The zero-order chi connectivity index (χ0) is 18.4. The molecule has 1 aromatic carbocycles. The van der Waals surface area contributed by atoms with E-state index in [0.717, 1.165) is 12.8 Å². The average molecular weight is 385 g/mol. The lowest BCUT2D eigenvalue weighted by Crippen LogP contribution is -2.37. The molecule has 0 bridgehead atoms. The van der Waals surface area contributed by atoms with Gasteiger partial charge in [0.2, 0.25) is 5.03 Å². The molecule has 6 nitrogen and oxygen atoms in total. The maximum Gasteiger partial charge on any atom is 0.263 e. The van der Waals surface area contributed by atoms with Gasteiger partial charge in [0, 0.05) is 26.7 Å². The first-order valence-electron chi connectivity index (χ1n) is 8.18. The van der Waals surface area contributed by atoms with Crippen LogP contribution in [-0.4, -0.2) is 60.9 Å². The van der Waals surface area contributed by atoms with Gasteiger partial charge in [-0.2, -0.15) is 4.31 Å². The normalized spacial score (nSPS) is 12.2. The second kappa shape index (κ2) is 8.80. The SMILES string of the molecule is CN(C)CCN(CCCc1ccccc1)S(=O)(=O)c1ncn(C)c1Cl. The van der Waals surface area contributed by atoms with Crippen molar-refractivity contribution in [3.8, 4) is 0 Å². The summed E-state index contributed by atoms with van der Waals surface area (Å²) in [6.07, 6.45) is 2.98. The fraction of sp³-hybridized carbons (Fsp3) is 0.471. The molecule has 25 heavy (non-hydrogen) atoms. The first kappa shape index (κ1) is 19.9. The number of aromatic nitrogens is 2. The highest BCUT2D eigenvalue weighted by Gasteiger charge is 2.29. The van der Waals surface area contributed by atoms with Gasteiger partial charge in [-0.15, -0.1) is 0 Å². The zero-order valence-corrected chi connectivity index (χ0v) is 16.5. The fourth-order valence-electron chi connectivity index (χ4n) is 2.46. The summed E-state index contributed by atoms with van der Waals surface area (Å²) >= 11 is 6.11. The van der Waals surface area contributed by atoms with Crippen LogP contribution in [0.25, 0.3) is 0 Å². The number of halogens is 1. The van der Waals surface area contributed by atoms with Crippen LogP contribution in [0.15, 0.2) is 41.7 Å². The summed E-state index contributed by atoms with van der Waals surface area (Å²) in [6.45, 7) is 1.46. The minimum absolute atomic E-state index is 0.0740. The van der Waals surface area contributed by atoms with Gasteiger partial charge in [0.25, 0.3) is 10.0 Å². The van der Waals surface area contributed by atoms with Crippen LogP contribution >= 0.6 is 11.6 Å². The van der Waals surface area contributed by atoms with E-state index in [4.69, 9.17) is 11.6 Å². The molecule has 0 amide bonds. The quantitative estimate of drug-likeness (QED) is 0.665. The van der Waals surface area contributed by atoms with Crippen molar-refractivity contribution in [3.05, 3.63) is 47.4 Å². The molecule has 1 aromatic heterocycles. The molecular formula is C17H25ClN4O2S. The lowest BCUT2D eigenvalue weighted by Gasteiger charge is -2.23. The third-order valence-corrected chi connectivity index (χ3v) is 6.32. The van der Waals surface area contributed by atoms with E-state index in [-0.39, 0.29) is 10.2 Å². The lowest BCUT2D eigenvalue weighted by atomic mass is 10.1. The number of aryl methyl sites for hydroxylation is 2. The molecule has 2 rings (SSSR count). The Morgan fingerprint density at radius 3 is 2.36 bits per heavy atom. The smallest absolute Gasteiger partial charge is 0.263 e. The Labute approximate surface area is 155 Å². The van der Waals surface area contributed by atoms with Gasteiger partial charge >= 0.3 is 0 Å². The molecule has 0 aliphatic rings. The standard InChI is InChI=1S/C17H25ClN4O2S/c1-20(2)12-13-22(11-7-10-15-8-5-4-6-9-15)25(23,24)17-16(18)21(3)14-19-17/h4-6,8-9,14H,7,10-13H2,1-3H3. The van der Waals surface area contributed by atoms with E-state index in [1.54, 1.807) is 7.05 Å². The largest absolute Gasteiger partial charge is 0.324 e. The third kappa shape index (κ3) is 5.28. The lowest BCUT2D eigenvalue weighted by molar-refractivity contribution is 0.330. The highest BCUT2D eigenvalue weighted by Crippen LogP contribution is 2.23. The molecule has 0 fully saturated rings. The molecule has 0 N–H and O–H groups in total. The molecule has 0 spiro atoms. The van der Waals surface area contributed by atoms with Crippen molar-refractivity contribution in [2.45, 2.75) is 17.9 Å². The van der Waals surface area contributed by atoms with Gasteiger partial charge in [0.1, 0.15) is 5.15 Å². The van der Waals surface area contributed by atoms with E-state index >= 15 is 0 Å². The Bertz CT molecular complexity index is 775. The summed E-state index contributed by atoms with van der Waals surface area (Å²) in [6, 6.07) is 10.1. The van der Waals surface area contributed by atoms with Gasteiger partial charge in [-0.05, 0) is 32.5 Å². The molecule has 8 heteroatoms. The highest BCUT2D eigenvalue weighted by molar-refractivity contribution is 7.89. The maximum atomic E-state index is 13.0. The maximum absolute atomic E-state index is 13.0. The number of rotatable bonds is 9. The number of imidazole rings is 1. The second-order valence-corrected chi connectivity index (χ2v) is 8.46. The van der Waals surface area contributed by atoms with Crippen molar-refractivity contribution in [1.29, 1.82) is 0 Å². The van der Waals surface area contributed by atoms with Gasteiger partial charge in [-0.3, -0.25) is 0 Å². The molecule has 0 aliphatic heterocycles. The molecule has 2 aromatic rings. The summed E-state index contributed by atoms with van der Waals surface area (Å²) in [5.74, 6) is 0. The van der Waals surface area contributed by atoms with Crippen molar-refractivity contribution in [2.24, 2.45) is 7.05 Å². The topological polar surface area (TPSA) is 58.4 Å². The Morgan fingerprint density at radius 2 is 1.80 bits per heavy atom. The van der Waals surface area contributed by atoms with Crippen molar-refractivity contribution in [3.63, 3.8) is 0 Å². The minimum Gasteiger partial charge on any atom is -0.324 e. The van der Waals surface area contributed by atoms with E-state index in [1.807, 2.05) is 49.3 Å². The van der Waals surface area contributed by atoms with Crippen molar-refractivity contribution >= 4 is 21.6 Å². The Hall–Kier alpha value is -1.41. The predicted molar refractivity (Wildman–Crippen MR) is 100 cm³/mol. The van der Waals surface area contributed by atoms with Crippen LogP contribution in [0.3, 0.4) is 0 Å². The summed E-state index contributed by atoms with van der Waals surface area (Å²) < 4.78 is 28.9. The zero-order valence-electron chi connectivity index (χ0n) is 14.9. The number of hydrogen-bond acceptors (Lipinski definition) is 4. The van der Waals surface area contributed by atoms with E-state index in [0.29, 0.717) is 19.6 Å². The van der Waals surface area contributed by atoms with Crippen LogP contribution in [0.5, 0.6) is 0 Å². The molecular weight excluding hydrogens is 360 g/mol. The molecule has 0 atom stereocenters. The average Bonchev–Trinajstić information content (AvgIpc) is 2.91. The third-order valence-electron chi connectivity index (χ3n) is 3.93. The molecule has 0 aliphatic carbocycles. The second-order valence-electron chi connectivity index (χ2n) is 6.25. The monoisotopic (exact) mass is 384 g/mol. The number of nitrogens with zero attached hydrogens (tertiary/aromatic N) is 4. The van der Waals surface area contributed by atoms with Gasteiger partial charge in [0.05, 0.1) is 6.33 Å². The number of hydrogen-bond donors (Lipinski definition) is 0. The van der Waals surface area contributed by atoms with Gasteiger partial charge < -0.3 is 9.47 Å². The molecule has 0 saturated carbocycles. The van der Waals surface area contributed by atoms with Crippen LogP contribution in [0, 0.1) is 0 Å². The van der Waals surface area contributed by atoms with E-state index < -0.39 is 10.0 Å². The minimum atomic E-state index is -3.72. The molecule has 0 radical (unpaired) electrons. The van der Waals surface area contributed by atoms with Crippen molar-refractivity contribution in [1.82, 2.24) is 18.8 Å². The molecule has 1 heterocycles. The highest BCUT2D eigenvalue weighted by atomic mass is 35.5. The Balaban J connectivity index is 2.12. The van der Waals surface area contributed by atoms with Crippen LogP contribution < -0.4 is 0 Å². The van der Waals surface area contributed by atoms with Crippen molar-refractivity contribution < 1.29 is 8.42 Å². The van der Waals surface area contributed by atoms with E-state index in [1.165, 1.54) is 20.8 Å². The molecule has 0 saturated heterocycles. The van der Waals surface area contributed by atoms with Crippen molar-refractivity contribution in [2.75, 3.05) is 33.7 Å². The first-order valence-corrected chi connectivity index (χ1v) is 10.00.